The molecule has 0 bridgehead atoms. The van der Waals surface area contributed by atoms with Gasteiger partial charge in [-0.15, -0.1) is 0 Å². The van der Waals surface area contributed by atoms with Gasteiger partial charge in [-0.3, -0.25) is 9.59 Å². The molecule has 3 aromatic carbocycles. The molecule has 0 amide bonds. The topological polar surface area (TPSA) is 65.3 Å². The van der Waals surface area contributed by atoms with Crippen molar-refractivity contribution in [3.63, 3.8) is 0 Å². The predicted molar refractivity (Wildman–Crippen MR) is 113 cm³/mol. The van der Waals surface area contributed by atoms with Gasteiger partial charge >= 0.3 is 0 Å². The average molecular weight is 374 g/mol. The molecule has 3 aromatic rings. The Labute approximate surface area is 163 Å². The molecule has 0 radical (unpaired) electrons. The van der Waals surface area contributed by atoms with E-state index in [4.69, 9.17) is 0 Å². The molecule has 6 heteroatoms. The third-order valence-corrected chi connectivity index (χ3v) is 4.29. The molecular weight excluding hydrogens is 352 g/mol. The molecular formula is C22H22N4O2. The molecule has 0 spiro atoms. The van der Waals surface area contributed by atoms with E-state index < -0.39 is 0 Å². The van der Waals surface area contributed by atoms with Crippen LogP contribution < -0.4 is 31.4 Å². The summed E-state index contributed by atoms with van der Waals surface area (Å²) in [6, 6.07) is 17.3. The minimum Gasteiger partial charge on any atom is -0.378 e. The molecule has 0 aliphatic carbocycles. The Morgan fingerprint density at radius 1 is 0.536 bits per heavy atom. The van der Waals surface area contributed by atoms with E-state index in [0.29, 0.717) is 11.4 Å². The molecule has 28 heavy (non-hydrogen) atoms. The molecule has 0 aliphatic heterocycles. The fourth-order valence-corrected chi connectivity index (χ4v) is 2.67. The van der Waals surface area contributed by atoms with Gasteiger partial charge < -0.3 is 9.80 Å². The summed E-state index contributed by atoms with van der Waals surface area (Å²) in [6.45, 7) is 0. The molecule has 6 nitrogen and oxygen atoms in total. The second-order valence-corrected chi connectivity index (χ2v) is 6.80. The fourth-order valence-electron chi connectivity index (χ4n) is 2.67. The zero-order chi connectivity index (χ0) is 20.3. The predicted octanol–water partition coefficient (Wildman–Crippen LogP) is 1.88. The summed E-state index contributed by atoms with van der Waals surface area (Å²) in [6.07, 6.45) is 0. The van der Waals surface area contributed by atoms with E-state index in [1.165, 1.54) is 12.1 Å². The molecule has 0 unspecified atom stereocenters. The SMILES string of the molecule is CN(C)c1ccc(N=c2c(=O)ccc(=O)c2=Nc2ccc(N(C)C)cc2)cc1. The van der Waals surface area contributed by atoms with E-state index in [2.05, 4.69) is 9.98 Å². The first kappa shape index (κ1) is 19.2. The zero-order valence-electron chi connectivity index (χ0n) is 16.4. The van der Waals surface area contributed by atoms with Gasteiger partial charge in [-0.25, -0.2) is 9.98 Å². The molecule has 0 aliphatic rings. The van der Waals surface area contributed by atoms with Crippen LogP contribution in [0.2, 0.25) is 0 Å². The van der Waals surface area contributed by atoms with Crippen LogP contribution in [0.15, 0.2) is 80.2 Å². The Morgan fingerprint density at radius 2 is 0.857 bits per heavy atom. The highest BCUT2D eigenvalue weighted by Gasteiger charge is 2.03. The summed E-state index contributed by atoms with van der Waals surface area (Å²) in [7, 11) is 7.78. The van der Waals surface area contributed by atoms with Crippen molar-refractivity contribution in [3.05, 3.63) is 91.8 Å². The quantitative estimate of drug-likeness (QED) is 0.699. The molecule has 3 rings (SSSR count). The molecule has 0 aromatic heterocycles. The lowest BCUT2D eigenvalue weighted by Crippen LogP contribution is -2.47. The highest BCUT2D eigenvalue weighted by atomic mass is 16.1. The van der Waals surface area contributed by atoms with Crippen LogP contribution >= 0.6 is 0 Å². The highest BCUT2D eigenvalue weighted by molar-refractivity contribution is 5.53. The number of nitrogens with zero attached hydrogens (tertiary/aromatic N) is 4. The van der Waals surface area contributed by atoms with Crippen molar-refractivity contribution in [2.24, 2.45) is 9.98 Å². The maximum absolute atomic E-state index is 12.4. The standard InChI is InChI=1S/C22H22N4O2/c1-25(2)17-9-5-15(6-10-17)23-21-19(27)13-14-20(28)22(21)24-16-7-11-18(12-8-16)26(3)4/h5-14H,1-4H3. The van der Waals surface area contributed by atoms with E-state index in [1.54, 1.807) is 0 Å². The molecule has 0 saturated carbocycles. The van der Waals surface area contributed by atoms with Crippen molar-refractivity contribution >= 4 is 22.7 Å². The highest BCUT2D eigenvalue weighted by Crippen LogP contribution is 2.18. The summed E-state index contributed by atoms with van der Waals surface area (Å²) >= 11 is 0. The Hall–Kier alpha value is -3.54. The van der Waals surface area contributed by atoms with Gasteiger partial charge in [-0.1, -0.05) is 0 Å². The van der Waals surface area contributed by atoms with Crippen molar-refractivity contribution in [2.45, 2.75) is 0 Å². The van der Waals surface area contributed by atoms with Gasteiger partial charge in [0, 0.05) is 39.6 Å². The van der Waals surface area contributed by atoms with Crippen molar-refractivity contribution in [2.75, 3.05) is 38.0 Å². The first-order valence-electron chi connectivity index (χ1n) is 8.84. The van der Waals surface area contributed by atoms with E-state index >= 15 is 0 Å². The van der Waals surface area contributed by atoms with Crippen LogP contribution in [0, 0.1) is 0 Å². The van der Waals surface area contributed by atoms with Crippen LogP contribution in [0.4, 0.5) is 22.7 Å². The van der Waals surface area contributed by atoms with E-state index in [9.17, 15) is 9.59 Å². The first-order valence-corrected chi connectivity index (χ1v) is 8.84. The van der Waals surface area contributed by atoms with Gasteiger partial charge in [0.05, 0.1) is 11.4 Å². The second-order valence-electron chi connectivity index (χ2n) is 6.80. The maximum atomic E-state index is 12.4. The van der Waals surface area contributed by atoms with Gasteiger partial charge in [-0.05, 0) is 60.7 Å². The first-order chi connectivity index (χ1) is 13.3. The lowest BCUT2D eigenvalue weighted by molar-refractivity contribution is 1.12. The summed E-state index contributed by atoms with van der Waals surface area (Å²) in [4.78, 5) is 37.6. The van der Waals surface area contributed by atoms with E-state index in [1.807, 2.05) is 86.5 Å². The average Bonchev–Trinajstić information content (AvgIpc) is 2.68. The largest absolute Gasteiger partial charge is 0.378 e. The maximum Gasteiger partial charge on any atom is 0.206 e. The Morgan fingerprint density at radius 3 is 1.14 bits per heavy atom. The normalized spacial score (nSPS) is 12.3. The minimum atomic E-state index is -0.333. The van der Waals surface area contributed by atoms with Gasteiger partial charge in [0.25, 0.3) is 0 Å². The molecule has 142 valence electrons. The van der Waals surface area contributed by atoms with Crippen molar-refractivity contribution in [3.8, 4) is 0 Å². The second kappa shape index (κ2) is 8.00. The number of hydrogen-bond donors (Lipinski definition) is 0. The van der Waals surface area contributed by atoms with E-state index in [0.717, 1.165) is 11.4 Å². The van der Waals surface area contributed by atoms with Gasteiger partial charge in [0.15, 0.2) is 0 Å². The van der Waals surface area contributed by atoms with Gasteiger partial charge in [-0.2, -0.15) is 0 Å². The third kappa shape index (κ3) is 4.23. The molecule has 0 heterocycles. The molecule has 0 saturated heterocycles. The molecule has 0 fully saturated rings. The van der Waals surface area contributed by atoms with Crippen molar-refractivity contribution in [1.29, 1.82) is 0 Å². The number of hydrogen-bond acceptors (Lipinski definition) is 6. The zero-order valence-corrected chi connectivity index (χ0v) is 16.4. The Balaban J connectivity index is 2.16. The third-order valence-electron chi connectivity index (χ3n) is 4.29. The molecule has 0 N–H and O–H groups in total. The van der Waals surface area contributed by atoms with Crippen LogP contribution in [-0.4, -0.2) is 28.2 Å². The fraction of sp³-hybridized carbons (Fsp3) is 0.182. The van der Waals surface area contributed by atoms with Crippen molar-refractivity contribution < 1.29 is 0 Å². The number of anilines is 2. The van der Waals surface area contributed by atoms with Gasteiger partial charge in [0.1, 0.15) is 10.7 Å². The Kier molecular flexibility index (Phi) is 5.49. The summed E-state index contributed by atoms with van der Waals surface area (Å²) in [5, 5.41) is 0.114. The summed E-state index contributed by atoms with van der Waals surface area (Å²) in [5.41, 5.74) is 2.55. The molecule has 0 atom stereocenters. The van der Waals surface area contributed by atoms with Crippen LogP contribution in [0.1, 0.15) is 0 Å². The lowest BCUT2D eigenvalue weighted by atomic mass is 10.2. The number of rotatable bonds is 4. The summed E-state index contributed by atoms with van der Waals surface area (Å²) < 4.78 is 0. The van der Waals surface area contributed by atoms with Crippen LogP contribution in [0.25, 0.3) is 0 Å². The minimum absolute atomic E-state index is 0.0572. The smallest absolute Gasteiger partial charge is 0.206 e. The van der Waals surface area contributed by atoms with Crippen molar-refractivity contribution in [1.82, 2.24) is 0 Å². The van der Waals surface area contributed by atoms with Gasteiger partial charge in [0.2, 0.25) is 10.9 Å². The van der Waals surface area contributed by atoms with Crippen LogP contribution in [-0.2, 0) is 0 Å². The lowest BCUT2D eigenvalue weighted by Gasteiger charge is -2.11. The van der Waals surface area contributed by atoms with Crippen LogP contribution in [0.3, 0.4) is 0 Å². The van der Waals surface area contributed by atoms with Crippen LogP contribution in [0.5, 0.6) is 0 Å². The van der Waals surface area contributed by atoms with E-state index in [-0.39, 0.29) is 21.6 Å². The Bertz CT molecular complexity index is 1090. The summed E-state index contributed by atoms with van der Waals surface area (Å²) in [5.74, 6) is 0. The number of benzene rings is 3. The monoisotopic (exact) mass is 374 g/mol.